The molecule has 0 spiro atoms. The van der Waals surface area contributed by atoms with Crippen molar-refractivity contribution in [3.8, 4) is 11.3 Å². The van der Waals surface area contributed by atoms with Crippen LogP contribution in [0.3, 0.4) is 0 Å². The molecule has 0 unspecified atom stereocenters. The van der Waals surface area contributed by atoms with Gasteiger partial charge in [-0.2, -0.15) is 0 Å². The average Bonchev–Trinajstić information content (AvgIpc) is 2.86. The molecule has 2 rings (SSSR count). The van der Waals surface area contributed by atoms with Gasteiger partial charge in [-0.15, -0.1) is 10.0 Å². The number of aromatic nitrogens is 3. The summed E-state index contributed by atoms with van der Waals surface area (Å²) < 4.78 is 1.56. The molecule has 108 valence electrons. The summed E-state index contributed by atoms with van der Waals surface area (Å²) in [4.78, 5) is 22.3. The standard InChI is InChI=1S/C13H13N5O3/c1-8(19)12(16-21)13(20)14-10-5-3-4-9(6-10)11-7-18(2)17-15-11/h3-7,19H,1-2H3,(H,14,20). The Balaban J connectivity index is 2.24. The van der Waals surface area contributed by atoms with Gasteiger partial charge >= 0.3 is 0 Å². The van der Waals surface area contributed by atoms with Crippen LogP contribution in [-0.4, -0.2) is 26.0 Å². The van der Waals surface area contributed by atoms with E-state index in [2.05, 4.69) is 20.8 Å². The van der Waals surface area contributed by atoms with E-state index in [0.29, 0.717) is 11.4 Å². The van der Waals surface area contributed by atoms with Gasteiger partial charge in [-0.1, -0.05) is 17.3 Å². The van der Waals surface area contributed by atoms with Crippen LogP contribution in [0.25, 0.3) is 11.3 Å². The molecule has 1 heterocycles. The van der Waals surface area contributed by atoms with Gasteiger partial charge in [-0.05, 0) is 24.2 Å². The highest BCUT2D eigenvalue weighted by Crippen LogP contribution is 2.20. The molecule has 21 heavy (non-hydrogen) atoms. The minimum Gasteiger partial charge on any atom is -0.510 e. The van der Waals surface area contributed by atoms with Gasteiger partial charge in [0.2, 0.25) is 5.70 Å². The van der Waals surface area contributed by atoms with E-state index in [0.717, 1.165) is 5.56 Å². The van der Waals surface area contributed by atoms with Crippen molar-refractivity contribution in [2.75, 3.05) is 5.32 Å². The van der Waals surface area contributed by atoms with E-state index in [9.17, 15) is 14.8 Å². The van der Waals surface area contributed by atoms with Crippen molar-refractivity contribution in [2.24, 2.45) is 12.2 Å². The summed E-state index contributed by atoms with van der Waals surface area (Å²) >= 11 is 0. The maximum absolute atomic E-state index is 11.8. The lowest BCUT2D eigenvalue weighted by Crippen LogP contribution is -2.14. The number of nitrogens with one attached hydrogen (secondary N) is 1. The fraction of sp³-hybridized carbons (Fsp3) is 0.154. The number of aliphatic hydroxyl groups is 1. The number of aryl methyl sites for hydroxylation is 1. The number of hydrogen-bond donors (Lipinski definition) is 2. The number of nitroso groups, excluding NO2 is 1. The number of nitrogens with zero attached hydrogens (tertiary/aromatic N) is 4. The summed E-state index contributed by atoms with van der Waals surface area (Å²) in [5.74, 6) is -1.21. The monoisotopic (exact) mass is 287 g/mol. The van der Waals surface area contributed by atoms with E-state index in [1.165, 1.54) is 6.92 Å². The SMILES string of the molecule is CC(O)=C(N=O)C(=O)Nc1cccc(-c2cn(C)nn2)c1. The van der Waals surface area contributed by atoms with Gasteiger partial charge < -0.3 is 10.4 Å². The van der Waals surface area contributed by atoms with Gasteiger partial charge in [0.15, 0.2) is 0 Å². The largest absolute Gasteiger partial charge is 0.510 e. The van der Waals surface area contributed by atoms with Crippen LogP contribution in [0.2, 0.25) is 0 Å². The normalized spacial score (nSPS) is 11.7. The zero-order chi connectivity index (χ0) is 15.4. The molecule has 0 saturated carbocycles. The van der Waals surface area contributed by atoms with E-state index < -0.39 is 17.4 Å². The third kappa shape index (κ3) is 3.30. The number of benzene rings is 1. The first-order valence-electron chi connectivity index (χ1n) is 6.02. The number of aliphatic hydroxyl groups excluding tert-OH is 1. The first-order chi connectivity index (χ1) is 10.0. The van der Waals surface area contributed by atoms with Gasteiger partial charge in [0, 0.05) is 18.3 Å². The van der Waals surface area contributed by atoms with Crippen LogP contribution in [0.5, 0.6) is 0 Å². The number of carbonyl (C=O) groups excluding carboxylic acids is 1. The minimum atomic E-state index is -0.777. The second kappa shape index (κ2) is 5.95. The van der Waals surface area contributed by atoms with Gasteiger partial charge in [0.05, 0.1) is 6.20 Å². The Morgan fingerprint density at radius 2 is 2.19 bits per heavy atom. The van der Waals surface area contributed by atoms with Crippen molar-refractivity contribution in [2.45, 2.75) is 6.92 Å². The number of amides is 1. The molecule has 0 radical (unpaired) electrons. The summed E-state index contributed by atoms with van der Waals surface area (Å²) in [5.41, 5.74) is 1.30. The van der Waals surface area contributed by atoms with Crippen molar-refractivity contribution in [1.82, 2.24) is 15.0 Å². The van der Waals surface area contributed by atoms with Crippen molar-refractivity contribution >= 4 is 11.6 Å². The van der Waals surface area contributed by atoms with Crippen LogP contribution in [-0.2, 0) is 11.8 Å². The summed E-state index contributed by atoms with van der Waals surface area (Å²) in [5, 5.41) is 22.0. The fourth-order valence-electron chi connectivity index (χ4n) is 1.70. The summed E-state index contributed by atoms with van der Waals surface area (Å²) in [7, 11) is 1.75. The van der Waals surface area contributed by atoms with Crippen molar-refractivity contribution < 1.29 is 9.90 Å². The molecule has 0 aliphatic carbocycles. The average molecular weight is 287 g/mol. The lowest BCUT2D eigenvalue weighted by molar-refractivity contribution is -0.113. The van der Waals surface area contributed by atoms with Crippen LogP contribution in [0.15, 0.2) is 47.1 Å². The molecule has 2 aromatic rings. The summed E-state index contributed by atoms with van der Waals surface area (Å²) in [6, 6.07) is 6.86. The van der Waals surface area contributed by atoms with E-state index in [-0.39, 0.29) is 0 Å². The second-order valence-corrected chi connectivity index (χ2v) is 4.34. The molecule has 8 heteroatoms. The minimum absolute atomic E-state index is 0.437. The molecule has 1 amide bonds. The van der Waals surface area contributed by atoms with Crippen LogP contribution >= 0.6 is 0 Å². The van der Waals surface area contributed by atoms with E-state index in [4.69, 9.17) is 0 Å². The Kier molecular flexibility index (Phi) is 4.07. The molecule has 0 bridgehead atoms. The first kappa shape index (κ1) is 14.4. The third-order valence-electron chi connectivity index (χ3n) is 2.67. The summed E-state index contributed by atoms with van der Waals surface area (Å²) in [6.45, 7) is 1.21. The lowest BCUT2D eigenvalue weighted by Gasteiger charge is -2.05. The van der Waals surface area contributed by atoms with Crippen LogP contribution < -0.4 is 5.32 Å². The number of allylic oxidation sites excluding steroid dienone is 1. The maximum atomic E-state index is 11.8. The van der Waals surface area contributed by atoms with E-state index >= 15 is 0 Å². The van der Waals surface area contributed by atoms with Gasteiger partial charge in [0.1, 0.15) is 11.5 Å². The topological polar surface area (TPSA) is 109 Å². The van der Waals surface area contributed by atoms with E-state index in [1.54, 1.807) is 36.1 Å². The highest BCUT2D eigenvalue weighted by atomic mass is 16.3. The molecule has 0 atom stereocenters. The van der Waals surface area contributed by atoms with Crippen LogP contribution in [0, 0.1) is 4.91 Å². The molecular formula is C13H13N5O3. The maximum Gasteiger partial charge on any atom is 0.281 e. The quantitative estimate of drug-likeness (QED) is 0.507. The first-order valence-corrected chi connectivity index (χ1v) is 6.02. The molecule has 1 aromatic carbocycles. The molecule has 0 aliphatic heterocycles. The van der Waals surface area contributed by atoms with Gasteiger partial charge in [-0.25, -0.2) is 0 Å². The zero-order valence-corrected chi connectivity index (χ0v) is 11.4. The fourth-order valence-corrected chi connectivity index (χ4v) is 1.70. The Morgan fingerprint density at radius 1 is 1.43 bits per heavy atom. The van der Waals surface area contributed by atoms with Crippen molar-refractivity contribution in [3.63, 3.8) is 0 Å². The van der Waals surface area contributed by atoms with Crippen molar-refractivity contribution in [3.05, 3.63) is 46.8 Å². The molecule has 8 nitrogen and oxygen atoms in total. The van der Waals surface area contributed by atoms with Crippen LogP contribution in [0.4, 0.5) is 5.69 Å². The Hall–Kier alpha value is -3.03. The Labute approximate surface area is 120 Å². The number of carbonyl (C=O) groups is 1. The predicted octanol–water partition coefficient (Wildman–Crippen LogP) is 1.98. The molecule has 0 aliphatic rings. The molecule has 0 saturated heterocycles. The van der Waals surface area contributed by atoms with Crippen molar-refractivity contribution in [1.29, 1.82) is 0 Å². The predicted molar refractivity (Wildman–Crippen MR) is 76.2 cm³/mol. The second-order valence-electron chi connectivity index (χ2n) is 4.34. The Morgan fingerprint density at radius 3 is 2.76 bits per heavy atom. The highest BCUT2D eigenvalue weighted by Gasteiger charge is 2.14. The molecule has 0 fully saturated rings. The van der Waals surface area contributed by atoms with Crippen LogP contribution in [0.1, 0.15) is 6.92 Å². The summed E-state index contributed by atoms with van der Waals surface area (Å²) in [6.07, 6.45) is 1.73. The Bertz CT molecular complexity index is 716. The van der Waals surface area contributed by atoms with E-state index in [1.807, 2.05) is 6.07 Å². The lowest BCUT2D eigenvalue weighted by atomic mass is 10.1. The number of rotatable bonds is 4. The van der Waals surface area contributed by atoms with Gasteiger partial charge in [-0.3, -0.25) is 9.48 Å². The molecular weight excluding hydrogens is 274 g/mol. The molecule has 1 aromatic heterocycles. The highest BCUT2D eigenvalue weighted by molar-refractivity contribution is 6.03. The zero-order valence-electron chi connectivity index (χ0n) is 11.4. The smallest absolute Gasteiger partial charge is 0.281 e. The van der Waals surface area contributed by atoms with Gasteiger partial charge in [0.25, 0.3) is 5.91 Å². The third-order valence-corrected chi connectivity index (χ3v) is 2.67. The number of hydrogen-bond acceptors (Lipinski definition) is 6. The number of anilines is 1. The molecule has 2 N–H and O–H groups in total.